The molecule has 1 aromatic rings. The SMILES string of the molecule is COc1cccc(CNC(C)CC(C)(C)OC)c1. The molecule has 0 aliphatic heterocycles. The van der Waals surface area contributed by atoms with Gasteiger partial charge in [-0.2, -0.15) is 0 Å². The summed E-state index contributed by atoms with van der Waals surface area (Å²) in [6, 6.07) is 8.54. The molecule has 1 atom stereocenters. The van der Waals surface area contributed by atoms with Crippen molar-refractivity contribution in [1.29, 1.82) is 0 Å². The van der Waals surface area contributed by atoms with Crippen LogP contribution in [0.25, 0.3) is 0 Å². The van der Waals surface area contributed by atoms with Gasteiger partial charge in [-0.15, -0.1) is 0 Å². The van der Waals surface area contributed by atoms with Crippen molar-refractivity contribution in [3.05, 3.63) is 29.8 Å². The third-order valence-electron chi connectivity index (χ3n) is 3.14. The maximum atomic E-state index is 5.44. The molecular formula is C15H25NO2. The van der Waals surface area contributed by atoms with Gasteiger partial charge < -0.3 is 14.8 Å². The summed E-state index contributed by atoms with van der Waals surface area (Å²) in [6.45, 7) is 7.24. The number of hydrogen-bond donors (Lipinski definition) is 1. The van der Waals surface area contributed by atoms with Gasteiger partial charge >= 0.3 is 0 Å². The Balaban J connectivity index is 2.44. The standard InChI is InChI=1S/C15H25NO2/c1-12(10-15(2,3)18-5)16-11-13-7-6-8-14(9-13)17-4/h6-9,12,16H,10-11H2,1-5H3. The Morgan fingerprint density at radius 3 is 2.61 bits per heavy atom. The quantitative estimate of drug-likeness (QED) is 0.808. The molecule has 0 spiro atoms. The molecule has 3 heteroatoms. The van der Waals surface area contributed by atoms with E-state index >= 15 is 0 Å². The van der Waals surface area contributed by atoms with Crippen molar-refractivity contribution in [3.63, 3.8) is 0 Å². The van der Waals surface area contributed by atoms with Gasteiger partial charge in [0.2, 0.25) is 0 Å². The zero-order valence-electron chi connectivity index (χ0n) is 12.1. The van der Waals surface area contributed by atoms with E-state index in [4.69, 9.17) is 9.47 Å². The van der Waals surface area contributed by atoms with Crippen LogP contribution in [-0.4, -0.2) is 25.9 Å². The van der Waals surface area contributed by atoms with Crippen LogP contribution in [0.2, 0.25) is 0 Å². The van der Waals surface area contributed by atoms with Crippen LogP contribution in [-0.2, 0) is 11.3 Å². The van der Waals surface area contributed by atoms with E-state index in [1.54, 1.807) is 14.2 Å². The van der Waals surface area contributed by atoms with Crippen LogP contribution in [0.5, 0.6) is 5.75 Å². The van der Waals surface area contributed by atoms with Gasteiger partial charge in [0.05, 0.1) is 12.7 Å². The fourth-order valence-electron chi connectivity index (χ4n) is 1.97. The molecule has 3 nitrogen and oxygen atoms in total. The highest BCUT2D eigenvalue weighted by atomic mass is 16.5. The van der Waals surface area contributed by atoms with E-state index in [-0.39, 0.29) is 5.60 Å². The van der Waals surface area contributed by atoms with Gasteiger partial charge in [-0.25, -0.2) is 0 Å². The molecule has 0 aliphatic carbocycles. The van der Waals surface area contributed by atoms with Crippen LogP contribution in [0.1, 0.15) is 32.8 Å². The van der Waals surface area contributed by atoms with Gasteiger partial charge in [-0.05, 0) is 44.9 Å². The third kappa shape index (κ3) is 5.07. The molecule has 0 fully saturated rings. The van der Waals surface area contributed by atoms with E-state index in [9.17, 15) is 0 Å². The summed E-state index contributed by atoms with van der Waals surface area (Å²) in [6.07, 6.45) is 0.980. The van der Waals surface area contributed by atoms with Gasteiger partial charge in [-0.1, -0.05) is 12.1 Å². The van der Waals surface area contributed by atoms with E-state index < -0.39 is 0 Å². The lowest BCUT2D eigenvalue weighted by molar-refractivity contribution is 0.00844. The van der Waals surface area contributed by atoms with Crippen LogP contribution < -0.4 is 10.1 Å². The molecule has 0 amide bonds. The second kappa shape index (κ2) is 6.76. The van der Waals surface area contributed by atoms with E-state index in [1.807, 2.05) is 12.1 Å². The number of methoxy groups -OCH3 is 2. The monoisotopic (exact) mass is 251 g/mol. The first-order chi connectivity index (χ1) is 8.46. The summed E-state index contributed by atoms with van der Waals surface area (Å²) in [5, 5.41) is 3.51. The summed E-state index contributed by atoms with van der Waals surface area (Å²) in [4.78, 5) is 0. The maximum Gasteiger partial charge on any atom is 0.119 e. The first-order valence-corrected chi connectivity index (χ1v) is 6.38. The Morgan fingerprint density at radius 1 is 1.28 bits per heavy atom. The summed E-state index contributed by atoms with van der Waals surface area (Å²) in [5.74, 6) is 0.902. The molecule has 0 saturated carbocycles. The lowest BCUT2D eigenvalue weighted by atomic mass is 10.00. The third-order valence-corrected chi connectivity index (χ3v) is 3.14. The molecule has 0 aromatic heterocycles. The van der Waals surface area contributed by atoms with Crippen LogP contribution in [0, 0.1) is 0 Å². The van der Waals surface area contributed by atoms with Gasteiger partial charge in [0.15, 0.2) is 0 Å². The molecule has 0 bridgehead atoms. The molecule has 18 heavy (non-hydrogen) atoms. The van der Waals surface area contributed by atoms with Crippen molar-refractivity contribution in [3.8, 4) is 5.75 Å². The van der Waals surface area contributed by atoms with E-state index in [2.05, 4.69) is 38.2 Å². The zero-order valence-corrected chi connectivity index (χ0v) is 12.1. The van der Waals surface area contributed by atoms with Crippen LogP contribution in [0.15, 0.2) is 24.3 Å². The first-order valence-electron chi connectivity index (χ1n) is 6.38. The topological polar surface area (TPSA) is 30.5 Å². The lowest BCUT2D eigenvalue weighted by Gasteiger charge is -2.27. The summed E-state index contributed by atoms with van der Waals surface area (Å²) < 4.78 is 10.6. The van der Waals surface area contributed by atoms with Crippen LogP contribution in [0.4, 0.5) is 0 Å². The predicted molar refractivity (Wildman–Crippen MR) is 75.0 cm³/mol. The number of hydrogen-bond acceptors (Lipinski definition) is 3. The molecule has 1 N–H and O–H groups in total. The van der Waals surface area contributed by atoms with Crippen LogP contribution >= 0.6 is 0 Å². The van der Waals surface area contributed by atoms with Gasteiger partial charge in [0.1, 0.15) is 5.75 Å². The Kier molecular flexibility index (Phi) is 5.63. The Hall–Kier alpha value is -1.06. The minimum atomic E-state index is -0.0825. The van der Waals surface area contributed by atoms with E-state index in [1.165, 1.54) is 5.56 Å². The average molecular weight is 251 g/mol. The van der Waals surface area contributed by atoms with Crippen LogP contribution in [0.3, 0.4) is 0 Å². The second-order valence-corrected chi connectivity index (χ2v) is 5.30. The van der Waals surface area contributed by atoms with Crippen molar-refractivity contribution in [2.45, 2.75) is 45.4 Å². The Labute approximate surface area is 110 Å². The molecule has 0 aliphatic rings. The molecule has 0 heterocycles. The van der Waals surface area contributed by atoms with Crippen molar-refractivity contribution >= 4 is 0 Å². The van der Waals surface area contributed by atoms with Crippen molar-refractivity contribution < 1.29 is 9.47 Å². The molecule has 1 unspecified atom stereocenters. The number of nitrogens with one attached hydrogen (secondary N) is 1. The summed E-state index contributed by atoms with van der Waals surface area (Å²) >= 11 is 0. The first kappa shape index (κ1) is 15.0. The van der Waals surface area contributed by atoms with E-state index in [0.717, 1.165) is 18.7 Å². The van der Waals surface area contributed by atoms with Crippen molar-refractivity contribution in [2.24, 2.45) is 0 Å². The molecular weight excluding hydrogens is 226 g/mol. The maximum absolute atomic E-state index is 5.44. The smallest absolute Gasteiger partial charge is 0.119 e. The Morgan fingerprint density at radius 2 is 2.00 bits per heavy atom. The normalized spacial score (nSPS) is 13.4. The molecule has 0 saturated heterocycles. The molecule has 1 rings (SSSR count). The molecule has 102 valence electrons. The Bertz CT molecular complexity index is 363. The summed E-state index contributed by atoms with van der Waals surface area (Å²) in [5.41, 5.74) is 1.15. The van der Waals surface area contributed by atoms with E-state index in [0.29, 0.717) is 6.04 Å². The minimum Gasteiger partial charge on any atom is -0.497 e. The zero-order chi connectivity index (χ0) is 13.6. The number of benzene rings is 1. The number of ether oxygens (including phenoxy) is 2. The molecule has 0 radical (unpaired) electrons. The second-order valence-electron chi connectivity index (χ2n) is 5.30. The average Bonchev–Trinajstić information content (AvgIpc) is 2.36. The molecule has 1 aromatic carbocycles. The highest BCUT2D eigenvalue weighted by molar-refractivity contribution is 5.28. The highest BCUT2D eigenvalue weighted by Crippen LogP contribution is 2.16. The van der Waals surface area contributed by atoms with Gasteiger partial charge in [-0.3, -0.25) is 0 Å². The van der Waals surface area contributed by atoms with Gasteiger partial charge in [0.25, 0.3) is 0 Å². The van der Waals surface area contributed by atoms with Gasteiger partial charge in [0, 0.05) is 19.7 Å². The fourth-order valence-corrected chi connectivity index (χ4v) is 1.97. The largest absolute Gasteiger partial charge is 0.497 e. The van der Waals surface area contributed by atoms with Crippen molar-refractivity contribution in [2.75, 3.05) is 14.2 Å². The van der Waals surface area contributed by atoms with Crippen molar-refractivity contribution in [1.82, 2.24) is 5.32 Å². The number of rotatable bonds is 7. The minimum absolute atomic E-state index is 0.0825. The fraction of sp³-hybridized carbons (Fsp3) is 0.600. The lowest BCUT2D eigenvalue weighted by Crippen LogP contribution is -2.35. The predicted octanol–water partition coefficient (Wildman–Crippen LogP) is 2.99. The highest BCUT2D eigenvalue weighted by Gasteiger charge is 2.19. The summed E-state index contributed by atoms with van der Waals surface area (Å²) in [7, 11) is 3.45.